The Kier molecular flexibility index (Phi) is 7.59. The third-order valence-electron chi connectivity index (χ3n) is 2.83. The molecule has 8 heteroatoms. The number of rotatable bonds is 4. The van der Waals surface area contributed by atoms with Crippen molar-refractivity contribution >= 4 is 21.8 Å². The monoisotopic (exact) mass is 362 g/mol. The molecule has 0 fully saturated rings. The number of ether oxygens (including phenoxy) is 2. The van der Waals surface area contributed by atoms with E-state index in [1.54, 1.807) is 38.7 Å². The average molecular weight is 362 g/mol. The molecule has 1 heterocycles. The van der Waals surface area contributed by atoms with Crippen molar-refractivity contribution in [2.75, 3.05) is 20.5 Å². The summed E-state index contributed by atoms with van der Waals surface area (Å²) in [7, 11) is -0.518. The molecule has 1 aromatic heterocycles. The molecule has 2 aromatic rings. The van der Waals surface area contributed by atoms with E-state index in [4.69, 9.17) is 14.0 Å². The fourth-order valence-electron chi connectivity index (χ4n) is 1.81. The predicted molar refractivity (Wildman–Crippen MR) is 94.7 cm³/mol. The molecule has 0 unspecified atom stereocenters. The smallest absolute Gasteiger partial charge is 0.261 e. The largest absolute Gasteiger partial charge is 0.493 e. The van der Waals surface area contributed by atoms with Crippen molar-refractivity contribution in [3.63, 3.8) is 0 Å². The number of nitrogens with zero attached hydrogens (tertiary/aromatic N) is 2. The van der Waals surface area contributed by atoms with Gasteiger partial charge in [-0.3, -0.25) is 9.54 Å². The Morgan fingerprint density at radius 2 is 1.72 bits per heavy atom. The van der Waals surface area contributed by atoms with E-state index in [1.165, 1.54) is 0 Å². The summed E-state index contributed by atoms with van der Waals surface area (Å²) in [6, 6.07) is 11.3. The van der Waals surface area contributed by atoms with Crippen LogP contribution >= 0.6 is 0 Å². The first-order valence-electron chi connectivity index (χ1n) is 6.95. The molecule has 1 N–H and O–H groups in total. The fraction of sp³-hybridized carbons (Fsp3) is 0.176. The Morgan fingerprint density at radius 3 is 2.20 bits per heavy atom. The van der Waals surface area contributed by atoms with Gasteiger partial charge in [0.1, 0.15) is 0 Å². The molecule has 0 aliphatic rings. The molecule has 0 amide bonds. The summed E-state index contributed by atoms with van der Waals surface area (Å²) in [4.78, 5) is 3.95. The van der Waals surface area contributed by atoms with Crippen LogP contribution in [0.1, 0.15) is 11.1 Å². The highest BCUT2D eigenvalue weighted by Crippen LogP contribution is 2.30. The maximum absolute atomic E-state index is 9.32. The van der Waals surface area contributed by atoms with Gasteiger partial charge in [0.05, 0.1) is 32.1 Å². The van der Waals surface area contributed by atoms with E-state index >= 15 is 0 Å². The lowest BCUT2D eigenvalue weighted by Gasteiger charge is -2.09. The van der Waals surface area contributed by atoms with Crippen molar-refractivity contribution in [1.29, 1.82) is 5.26 Å². The quantitative estimate of drug-likeness (QED) is 0.657. The third-order valence-corrected chi connectivity index (χ3v) is 2.83. The molecule has 0 radical (unpaired) electrons. The number of aromatic nitrogens is 1. The highest BCUT2D eigenvalue weighted by molar-refractivity contribution is 7.85. The molecule has 0 aliphatic heterocycles. The number of pyridine rings is 1. The summed E-state index contributed by atoms with van der Waals surface area (Å²) in [6.07, 6.45) is 5.90. The summed E-state index contributed by atoms with van der Waals surface area (Å²) in [5.41, 5.74) is 2.26. The Labute approximate surface area is 146 Å². The van der Waals surface area contributed by atoms with Crippen LogP contribution in [0.15, 0.2) is 42.7 Å². The van der Waals surface area contributed by atoms with E-state index in [0.717, 1.165) is 11.1 Å². The van der Waals surface area contributed by atoms with Gasteiger partial charge in [0.25, 0.3) is 10.1 Å². The average Bonchev–Trinajstić information content (AvgIpc) is 2.58. The minimum atomic E-state index is -3.67. The Hall–Kier alpha value is -2.89. The number of hydrogen-bond donors (Lipinski definition) is 1. The van der Waals surface area contributed by atoms with Gasteiger partial charge in [0, 0.05) is 12.4 Å². The molecule has 0 bridgehead atoms. The minimum Gasteiger partial charge on any atom is -0.493 e. The number of allylic oxidation sites excluding steroid dienone is 1. The Morgan fingerprint density at radius 1 is 1.16 bits per heavy atom. The van der Waals surface area contributed by atoms with Crippen LogP contribution in [0.5, 0.6) is 11.5 Å². The minimum absolute atomic E-state index is 0.553. The first-order valence-corrected chi connectivity index (χ1v) is 8.80. The van der Waals surface area contributed by atoms with E-state index < -0.39 is 10.1 Å². The maximum atomic E-state index is 9.32. The lowest BCUT2D eigenvalue weighted by Crippen LogP contribution is -1.92. The second-order valence-corrected chi connectivity index (χ2v) is 6.22. The number of methoxy groups -OCH3 is 2. The fourth-order valence-corrected chi connectivity index (χ4v) is 1.81. The number of hydrogen-bond acceptors (Lipinski definition) is 6. The molecule has 0 aliphatic carbocycles. The maximum Gasteiger partial charge on any atom is 0.261 e. The molecular formula is C17H18N2O5S. The van der Waals surface area contributed by atoms with Gasteiger partial charge in [-0.2, -0.15) is 13.7 Å². The van der Waals surface area contributed by atoms with Crippen LogP contribution in [0.2, 0.25) is 0 Å². The zero-order chi connectivity index (χ0) is 18.9. The van der Waals surface area contributed by atoms with E-state index in [2.05, 4.69) is 11.1 Å². The van der Waals surface area contributed by atoms with E-state index in [-0.39, 0.29) is 0 Å². The lowest BCUT2D eigenvalue weighted by atomic mass is 10.0. The molecule has 2 rings (SSSR count). The lowest BCUT2D eigenvalue weighted by molar-refractivity contribution is 0.355. The summed E-state index contributed by atoms with van der Waals surface area (Å²) in [6.45, 7) is 0. The first kappa shape index (κ1) is 20.2. The number of benzene rings is 1. The van der Waals surface area contributed by atoms with Crippen LogP contribution in [0, 0.1) is 11.3 Å². The zero-order valence-electron chi connectivity index (χ0n) is 14.0. The van der Waals surface area contributed by atoms with Gasteiger partial charge in [0.15, 0.2) is 11.5 Å². The SMILES string of the molecule is COc1ccc(C(C#N)=Cc2ccncc2)cc1OC.CS(=O)(=O)O. The van der Waals surface area contributed by atoms with E-state index in [1.807, 2.05) is 24.3 Å². The molecule has 1 aromatic carbocycles. The molecule has 25 heavy (non-hydrogen) atoms. The first-order chi connectivity index (χ1) is 11.8. The van der Waals surface area contributed by atoms with Crippen molar-refractivity contribution in [1.82, 2.24) is 4.98 Å². The van der Waals surface area contributed by atoms with Crippen molar-refractivity contribution < 1.29 is 22.4 Å². The van der Waals surface area contributed by atoms with E-state index in [0.29, 0.717) is 23.3 Å². The zero-order valence-corrected chi connectivity index (χ0v) is 14.8. The summed E-state index contributed by atoms with van der Waals surface area (Å²) >= 11 is 0. The van der Waals surface area contributed by atoms with Gasteiger partial charge in [0.2, 0.25) is 0 Å². The molecule has 0 atom stereocenters. The summed E-state index contributed by atoms with van der Waals surface area (Å²) in [5.74, 6) is 1.23. The molecule has 0 saturated carbocycles. The Balaban J connectivity index is 0.000000550. The molecule has 0 saturated heterocycles. The van der Waals surface area contributed by atoms with Crippen LogP contribution in [0.4, 0.5) is 0 Å². The van der Waals surface area contributed by atoms with Crippen molar-refractivity contribution in [3.8, 4) is 17.6 Å². The Bertz CT molecular complexity index is 864. The van der Waals surface area contributed by atoms with Crippen molar-refractivity contribution in [2.45, 2.75) is 0 Å². The second kappa shape index (κ2) is 9.42. The molecule has 7 nitrogen and oxygen atoms in total. The number of nitriles is 1. The summed E-state index contributed by atoms with van der Waals surface area (Å²) < 4.78 is 36.3. The van der Waals surface area contributed by atoms with Gasteiger partial charge >= 0.3 is 0 Å². The van der Waals surface area contributed by atoms with Crippen LogP contribution < -0.4 is 9.47 Å². The van der Waals surface area contributed by atoms with Crippen LogP contribution in [0.3, 0.4) is 0 Å². The van der Waals surface area contributed by atoms with E-state index in [9.17, 15) is 13.7 Å². The topological polar surface area (TPSA) is 110 Å². The predicted octanol–water partition coefficient (Wildman–Crippen LogP) is 2.67. The highest BCUT2D eigenvalue weighted by atomic mass is 32.2. The van der Waals surface area contributed by atoms with Gasteiger partial charge in [-0.05, 0) is 47.5 Å². The van der Waals surface area contributed by atoms with Crippen LogP contribution in [-0.4, -0.2) is 38.4 Å². The van der Waals surface area contributed by atoms with Gasteiger partial charge < -0.3 is 9.47 Å². The van der Waals surface area contributed by atoms with Gasteiger partial charge in [-0.15, -0.1) is 0 Å². The molecular weight excluding hydrogens is 344 g/mol. The molecule has 0 spiro atoms. The van der Waals surface area contributed by atoms with Gasteiger partial charge in [-0.25, -0.2) is 0 Å². The normalized spacial score (nSPS) is 10.9. The second-order valence-electron chi connectivity index (χ2n) is 4.75. The molecule has 132 valence electrons. The van der Waals surface area contributed by atoms with Crippen LogP contribution in [-0.2, 0) is 10.1 Å². The van der Waals surface area contributed by atoms with Crippen molar-refractivity contribution in [3.05, 3.63) is 53.9 Å². The van der Waals surface area contributed by atoms with Crippen molar-refractivity contribution in [2.24, 2.45) is 0 Å². The summed E-state index contributed by atoms with van der Waals surface area (Å²) in [5, 5.41) is 9.32. The highest BCUT2D eigenvalue weighted by Gasteiger charge is 2.07. The standard InChI is InChI=1S/C16H14N2O2.CH4O3S/c1-19-15-4-3-13(10-16(15)20-2)14(11-17)9-12-5-7-18-8-6-12;1-5(2,3)4/h3-10H,1-2H3;1H3,(H,2,3,4). The van der Waals surface area contributed by atoms with Crippen LogP contribution in [0.25, 0.3) is 11.6 Å². The van der Waals surface area contributed by atoms with Gasteiger partial charge in [-0.1, -0.05) is 0 Å². The third kappa shape index (κ3) is 7.48.